The molecule has 1 saturated heterocycles. The van der Waals surface area contributed by atoms with E-state index in [1.54, 1.807) is 13.8 Å². The molecule has 15 atom stereocenters. The first-order valence-corrected chi connectivity index (χ1v) is 18.2. The molecule has 6 rings (SSSR count). The lowest BCUT2D eigenvalue weighted by Gasteiger charge is -2.62. The van der Waals surface area contributed by atoms with Crippen molar-refractivity contribution in [3.8, 4) is 0 Å². The molecule has 0 aromatic heterocycles. The van der Waals surface area contributed by atoms with Crippen LogP contribution in [0.1, 0.15) is 86.0 Å². The fraction of sp³-hybridized carbons (Fsp3) is 0.811. The number of aliphatic hydroxyl groups excluding tert-OH is 4. The van der Waals surface area contributed by atoms with E-state index in [0.29, 0.717) is 50.0 Å². The molecule has 0 aromatic carbocycles. The van der Waals surface area contributed by atoms with Crippen molar-refractivity contribution in [3.63, 3.8) is 0 Å². The first-order chi connectivity index (χ1) is 22.5. The quantitative estimate of drug-likeness (QED) is 0.171. The third-order valence-electron chi connectivity index (χ3n) is 14.0. The van der Waals surface area contributed by atoms with Gasteiger partial charge in [-0.15, -0.1) is 0 Å². The highest BCUT2D eigenvalue weighted by molar-refractivity contribution is 6.00. The number of Topliss-reactive ketones (excluding diaryl/α,β-unsaturated/α-hetero) is 1. The van der Waals surface area contributed by atoms with Crippen LogP contribution in [0, 0.1) is 40.4 Å². The lowest BCUT2D eigenvalue weighted by Crippen LogP contribution is -2.65. The van der Waals surface area contributed by atoms with Crippen molar-refractivity contribution in [2.24, 2.45) is 46.2 Å². The minimum atomic E-state index is -1.58. The summed E-state index contributed by atoms with van der Waals surface area (Å²) in [5.41, 5.74) is 3.17. The standard InChI is InChI=1S/C37H59N3O8/c1-19-18-48-32(21(19)3)33(45)35(5,46)27-10-13-37(47)29-23(9-11-34(27,37)4)36(12-8-22-6-7-28(38)39-17-22)15-26(43)25(42)14-24(36)31(44)30(29)40-16-20(2)41/h6-7,17,19-21,23-28,32-33,39-43,45-47H,8-16,18,38H2,1-5H3/t19-,20+,21+,23+,24+,25-,26+,27+,28?,32-,33-,34-,35-,36-,37-/m1/s1. The largest absolute Gasteiger partial charge is 0.392 e. The van der Waals surface area contributed by atoms with Crippen molar-refractivity contribution in [1.82, 2.24) is 10.6 Å². The maximum Gasteiger partial charge on any atom is 0.182 e. The molecule has 0 aromatic rings. The number of aliphatic hydroxyl groups is 6. The highest BCUT2D eigenvalue weighted by Gasteiger charge is 2.71. The van der Waals surface area contributed by atoms with Gasteiger partial charge in [-0.05, 0) is 112 Å². The fourth-order valence-electron chi connectivity index (χ4n) is 11.0. The summed E-state index contributed by atoms with van der Waals surface area (Å²) in [4.78, 5) is 14.8. The number of allylic oxidation sites excluding steroid dienone is 3. The summed E-state index contributed by atoms with van der Waals surface area (Å²) in [5, 5.41) is 75.9. The average Bonchev–Trinajstić information content (AvgIpc) is 3.52. The van der Waals surface area contributed by atoms with Crippen LogP contribution < -0.4 is 16.4 Å². The summed E-state index contributed by atoms with van der Waals surface area (Å²) in [6.45, 7) is 10.0. The average molecular weight is 674 g/mol. The molecular formula is C37H59N3O8. The Morgan fingerprint density at radius 2 is 1.90 bits per heavy atom. The predicted molar refractivity (Wildman–Crippen MR) is 180 cm³/mol. The molecule has 1 unspecified atom stereocenters. The van der Waals surface area contributed by atoms with Crippen LogP contribution in [0.4, 0.5) is 0 Å². The zero-order valence-corrected chi connectivity index (χ0v) is 29.2. The highest BCUT2D eigenvalue weighted by Crippen LogP contribution is 2.70. The van der Waals surface area contributed by atoms with Crippen molar-refractivity contribution in [3.05, 3.63) is 35.2 Å². The summed E-state index contributed by atoms with van der Waals surface area (Å²) in [6.07, 6.45) is 4.29. The third kappa shape index (κ3) is 5.52. The summed E-state index contributed by atoms with van der Waals surface area (Å²) in [6, 6.07) is 0. The molecule has 0 amide bonds. The Labute approximate surface area is 284 Å². The molecule has 6 aliphatic rings. The number of ketones is 1. The Morgan fingerprint density at radius 3 is 2.52 bits per heavy atom. The molecule has 270 valence electrons. The number of ether oxygens (including phenoxy) is 1. The van der Waals surface area contributed by atoms with Crippen molar-refractivity contribution < 1.29 is 40.2 Å². The maximum absolute atomic E-state index is 14.8. The van der Waals surface area contributed by atoms with Crippen molar-refractivity contribution in [2.75, 3.05) is 13.2 Å². The van der Waals surface area contributed by atoms with Gasteiger partial charge in [0, 0.05) is 30.7 Å². The minimum absolute atomic E-state index is 0.0511. The van der Waals surface area contributed by atoms with Crippen LogP contribution in [0.2, 0.25) is 0 Å². The molecule has 2 heterocycles. The summed E-state index contributed by atoms with van der Waals surface area (Å²) >= 11 is 0. The maximum atomic E-state index is 14.8. The van der Waals surface area contributed by atoms with Gasteiger partial charge in [-0.3, -0.25) is 4.79 Å². The summed E-state index contributed by atoms with van der Waals surface area (Å²) in [7, 11) is 0. The van der Waals surface area contributed by atoms with E-state index in [1.807, 2.05) is 32.2 Å². The van der Waals surface area contributed by atoms with E-state index < -0.39 is 64.4 Å². The first-order valence-electron chi connectivity index (χ1n) is 18.2. The number of carbonyl (C=O) groups excluding carboxylic acids is 1. The van der Waals surface area contributed by atoms with E-state index in [9.17, 15) is 35.4 Å². The normalized spacial score (nSPS) is 46.5. The molecule has 4 fully saturated rings. The van der Waals surface area contributed by atoms with E-state index in [0.717, 1.165) is 5.57 Å². The van der Waals surface area contributed by atoms with Gasteiger partial charge in [-0.2, -0.15) is 0 Å². The van der Waals surface area contributed by atoms with Crippen LogP contribution in [0.3, 0.4) is 0 Å². The number of nitrogens with two attached hydrogens (primary N) is 1. The molecule has 2 aliphatic heterocycles. The van der Waals surface area contributed by atoms with Gasteiger partial charge < -0.3 is 51.7 Å². The molecule has 48 heavy (non-hydrogen) atoms. The van der Waals surface area contributed by atoms with Gasteiger partial charge in [0.2, 0.25) is 0 Å². The van der Waals surface area contributed by atoms with Crippen LogP contribution in [0.15, 0.2) is 35.2 Å². The lowest BCUT2D eigenvalue weighted by atomic mass is 9.43. The van der Waals surface area contributed by atoms with Gasteiger partial charge in [0.1, 0.15) is 6.10 Å². The van der Waals surface area contributed by atoms with E-state index >= 15 is 0 Å². The van der Waals surface area contributed by atoms with Gasteiger partial charge in [0.25, 0.3) is 0 Å². The van der Waals surface area contributed by atoms with Crippen LogP contribution in [-0.4, -0.2) is 97.5 Å². The molecule has 0 bridgehead atoms. The zero-order valence-electron chi connectivity index (χ0n) is 29.2. The van der Waals surface area contributed by atoms with Gasteiger partial charge in [0.05, 0.1) is 47.5 Å². The topological polar surface area (TPSA) is 198 Å². The van der Waals surface area contributed by atoms with Crippen LogP contribution >= 0.6 is 0 Å². The summed E-state index contributed by atoms with van der Waals surface area (Å²) in [5.74, 6) is -1.31. The molecule has 3 saturated carbocycles. The second-order valence-corrected chi connectivity index (χ2v) is 16.8. The lowest BCUT2D eigenvalue weighted by molar-refractivity contribution is -0.196. The van der Waals surface area contributed by atoms with Gasteiger partial charge in [-0.1, -0.05) is 26.8 Å². The Bertz CT molecular complexity index is 1350. The number of hydrogen-bond donors (Lipinski definition) is 9. The van der Waals surface area contributed by atoms with E-state index in [4.69, 9.17) is 10.5 Å². The van der Waals surface area contributed by atoms with Crippen LogP contribution in [0.25, 0.3) is 0 Å². The van der Waals surface area contributed by atoms with Crippen molar-refractivity contribution >= 4 is 5.78 Å². The monoisotopic (exact) mass is 673 g/mol. The molecular weight excluding hydrogens is 614 g/mol. The number of carbonyl (C=O) groups is 1. The number of dihydropyridines is 1. The van der Waals surface area contributed by atoms with E-state index in [2.05, 4.69) is 17.6 Å². The highest BCUT2D eigenvalue weighted by atomic mass is 16.5. The van der Waals surface area contributed by atoms with Gasteiger partial charge in [-0.25, -0.2) is 0 Å². The Morgan fingerprint density at radius 1 is 1.17 bits per heavy atom. The Kier molecular flexibility index (Phi) is 9.55. The molecule has 0 radical (unpaired) electrons. The predicted octanol–water partition coefficient (Wildman–Crippen LogP) is 1.36. The third-order valence-corrected chi connectivity index (χ3v) is 14.0. The number of fused-ring (bicyclic) bond motifs is 5. The fourth-order valence-corrected chi connectivity index (χ4v) is 11.0. The number of nitrogens with one attached hydrogen (secondary N) is 2. The van der Waals surface area contributed by atoms with E-state index in [-0.39, 0.29) is 55.5 Å². The molecule has 4 aliphatic carbocycles. The Hall–Kier alpha value is -1.83. The van der Waals surface area contributed by atoms with Crippen molar-refractivity contribution in [1.29, 1.82) is 0 Å². The smallest absolute Gasteiger partial charge is 0.182 e. The summed E-state index contributed by atoms with van der Waals surface area (Å²) < 4.78 is 6.00. The molecule has 11 heteroatoms. The van der Waals surface area contributed by atoms with Gasteiger partial charge in [0.15, 0.2) is 5.78 Å². The molecule has 10 N–H and O–H groups in total. The van der Waals surface area contributed by atoms with Crippen molar-refractivity contribution in [2.45, 2.75) is 134 Å². The second-order valence-electron chi connectivity index (χ2n) is 16.8. The first kappa shape index (κ1) is 36.0. The second kappa shape index (κ2) is 12.7. The van der Waals surface area contributed by atoms with Gasteiger partial charge >= 0.3 is 0 Å². The SMILES string of the molecule is C[C@@H]1[C@H]([C@@H](O)[C@](C)(O)[C@H]2CC[C@@]3(O)C4=C(NC[C@H](C)O)C(=O)[C@@H]5C[C@@H](O)[C@@H](O)C[C@]5(CCC5=CNC(N)C=C5)[C@H]4CC[C@]23C)OC[C@H]1C. The van der Waals surface area contributed by atoms with Crippen LogP contribution in [-0.2, 0) is 9.53 Å². The minimum Gasteiger partial charge on any atom is -0.392 e. The van der Waals surface area contributed by atoms with E-state index in [1.165, 1.54) is 0 Å². The van der Waals surface area contributed by atoms with Crippen LogP contribution in [0.5, 0.6) is 0 Å². The number of hydrogen-bond acceptors (Lipinski definition) is 11. The zero-order chi connectivity index (χ0) is 35.0. The molecule has 0 spiro atoms. The Balaban J connectivity index is 1.43. The number of rotatable bonds is 9. The molecule has 11 nitrogen and oxygen atoms in total.